The van der Waals surface area contributed by atoms with E-state index in [1.165, 1.54) is 0 Å². The van der Waals surface area contributed by atoms with Crippen LogP contribution in [0.3, 0.4) is 0 Å². The van der Waals surface area contributed by atoms with E-state index in [9.17, 15) is 4.79 Å². The maximum Gasteiger partial charge on any atom is 0.253 e. The van der Waals surface area contributed by atoms with Crippen molar-refractivity contribution in [1.29, 1.82) is 0 Å². The monoisotopic (exact) mass is 275 g/mol. The first-order valence-electron chi connectivity index (χ1n) is 7.03. The predicted octanol–water partition coefficient (Wildman–Crippen LogP) is 2.22. The third kappa shape index (κ3) is 2.45. The first kappa shape index (κ1) is 13.6. The normalized spacial score (nSPS) is 23.4. The van der Waals surface area contributed by atoms with Crippen molar-refractivity contribution in [2.24, 2.45) is 5.41 Å². The molecule has 1 aromatic carbocycles. The Morgan fingerprint density at radius 1 is 1.20 bits per heavy atom. The Morgan fingerprint density at radius 3 is 2.45 bits per heavy atom. The largest absolute Gasteiger partial charge is 0.350 e. The summed E-state index contributed by atoms with van der Waals surface area (Å²) in [5.41, 5.74) is 1.87. The summed E-state index contributed by atoms with van der Waals surface area (Å²) >= 11 is 0. The van der Waals surface area contributed by atoms with Crippen LogP contribution in [-0.4, -0.2) is 42.9 Å². The van der Waals surface area contributed by atoms with Gasteiger partial charge in [0, 0.05) is 18.7 Å². The summed E-state index contributed by atoms with van der Waals surface area (Å²) in [6.07, 6.45) is 0. The molecule has 4 heteroatoms. The molecule has 2 aliphatic rings. The summed E-state index contributed by atoms with van der Waals surface area (Å²) in [6.45, 7) is 8.61. The lowest BCUT2D eigenvalue weighted by molar-refractivity contribution is -0.301. The molecule has 1 spiro atoms. The van der Waals surface area contributed by atoms with Crippen LogP contribution in [0.15, 0.2) is 24.3 Å². The number of hydrogen-bond acceptors (Lipinski definition) is 3. The lowest BCUT2D eigenvalue weighted by Crippen LogP contribution is -2.65. The molecule has 0 aliphatic carbocycles. The molecule has 2 saturated heterocycles. The van der Waals surface area contributed by atoms with Gasteiger partial charge in [0.1, 0.15) is 0 Å². The number of carbonyl (C=O) groups excluding carboxylic acids is 1. The van der Waals surface area contributed by atoms with E-state index in [4.69, 9.17) is 9.47 Å². The van der Waals surface area contributed by atoms with E-state index < -0.39 is 5.79 Å². The highest BCUT2D eigenvalue weighted by molar-refractivity contribution is 5.95. The van der Waals surface area contributed by atoms with Gasteiger partial charge in [0.2, 0.25) is 0 Å². The number of rotatable bonds is 1. The minimum atomic E-state index is -0.494. The molecule has 0 aromatic heterocycles. The molecule has 0 bridgehead atoms. The van der Waals surface area contributed by atoms with E-state index in [2.05, 4.69) is 0 Å². The van der Waals surface area contributed by atoms with Crippen LogP contribution in [0.5, 0.6) is 0 Å². The molecule has 20 heavy (non-hydrogen) atoms. The summed E-state index contributed by atoms with van der Waals surface area (Å²) in [5, 5.41) is 0. The minimum Gasteiger partial charge on any atom is -0.350 e. The van der Waals surface area contributed by atoms with Crippen molar-refractivity contribution in [3.8, 4) is 0 Å². The Labute approximate surface area is 119 Å². The van der Waals surface area contributed by atoms with Crippen molar-refractivity contribution in [3.05, 3.63) is 35.4 Å². The summed E-state index contributed by atoms with van der Waals surface area (Å²) in [4.78, 5) is 14.3. The number of carbonyl (C=O) groups is 1. The van der Waals surface area contributed by atoms with Crippen molar-refractivity contribution in [2.45, 2.75) is 26.6 Å². The van der Waals surface area contributed by atoms with E-state index >= 15 is 0 Å². The second-order valence-corrected chi connectivity index (χ2v) is 6.51. The number of ether oxygens (including phenoxy) is 2. The fourth-order valence-corrected chi connectivity index (χ4v) is 2.79. The van der Waals surface area contributed by atoms with Crippen LogP contribution in [0.25, 0.3) is 0 Å². The van der Waals surface area contributed by atoms with E-state index in [-0.39, 0.29) is 11.3 Å². The standard InChI is InChI=1S/C16H21NO3/c1-12-5-4-6-13(7-12)14(18)17-8-16(9-17)10-19-15(2,3)20-11-16/h4-7H,8-11H2,1-3H3. The molecular weight excluding hydrogens is 254 g/mol. The number of likely N-dealkylation sites (tertiary alicyclic amines) is 1. The van der Waals surface area contributed by atoms with Crippen LogP contribution in [0, 0.1) is 12.3 Å². The zero-order valence-electron chi connectivity index (χ0n) is 12.3. The van der Waals surface area contributed by atoms with Crippen molar-refractivity contribution < 1.29 is 14.3 Å². The van der Waals surface area contributed by atoms with Gasteiger partial charge in [0.25, 0.3) is 5.91 Å². The molecule has 0 saturated carbocycles. The second kappa shape index (κ2) is 4.57. The minimum absolute atomic E-state index is 0.00496. The topological polar surface area (TPSA) is 38.8 Å². The van der Waals surface area contributed by atoms with Gasteiger partial charge >= 0.3 is 0 Å². The summed E-state index contributed by atoms with van der Waals surface area (Å²) in [6, 6.07) is 7.73. The summed E-state index contributed by atoms with van der Waals surface area (Å²) in [5.74, 6) is -0.393. The molecule has 3 rings (SSSR count). The fourth-order valence-electron chi connectivity index (χ4n) is 2.79. The molecular formula is C16H21NO3. The molecule has 108 valence electrons. The summed E-state index contributed by atoms with van der Waals surface area (Å²) < 4.78 is 11.4. The maximum absolute atomic E-state index is 12.4. The van der Waals surface area contributed by atoms with Crippen molar-refractivity contribution in [2.75, 3.05) is 26.3 Å². The van der Waals surface area contributed by atoms with Crippen LogP contribution in [0.2, 0.25) is 0 Å². The Kier molecular flexibility index (Phi) is 3.10. The molecule has 1 amide bonds. The zero-order chi connectivity index (χ0) is 14.4. The second-order valence-electron chi connectivity index (χ2n) is 6.51. The van der Waals surface area contributed by atoms with Gasteiger partial charge < -0.3 is 14.4 Å². The fraction of sp³-hybridized carbons (Fsp3) is 0.562. The third-order valence-corrected chi connectivity index (χ3v) is 4.06. The Bertz CT molecular complexity index is 520. The molecule has 0 radical (unpaired) electrons. The van der Waals surface area contributed by atoms with Gasteiger partial charge in [-0.3, -0.25) is 4.79 Å². The SMILES string of the molecule is Cc1cccc(C(=O)N2CC3(COC(C)(C)OC3)C2)c1. The van der Waals surface area contributed by atoms with Gasteiger partial charge in [0.05, 0.1) is 18.6 Å². The van der Waals surface area contributed by atoms with Gasteiger partial charge in [-0.2, -0.15) is 0 Å². The maximum atomic E-state index is 12.4. The zero-order valence-corrected chi connectivity index (χ0v) is 12.3. The van der Waals surface area contributed by atoms with Gasteiger partial charge in [-0.25, -0.2) is 0 Å². The molecule has 2 heterocycles. The van der Waals surface area contributed by atoms with Crippen LogP contribution in [0.1, 0.15) is 29.8 Å². The Morgan fingerprint density at radius 2 is 1.85 bits per heavy atom. The van der Waals surface area contributed by atoms with Crippen molar-refractivity contribution in [3.63, 3.8) is 0 Å². The van der Waals surface area contributed by atoms with Crippen LogP contribution < -0.4 is 0 Å². The molecule has 1 aromatic rings. The molecule has 2 fully saturated rings. The molecule has 2 aliphatic heterocycles. The smallest absolute Gasteiger partial charge is 0.253 e. The lowest BCUT2D eigenvalue weighted by Gasteiger charge is -2.54. The van der Waals surface area contributed by atoms with Gasteiger partial charge in [-0.1, -0.05) is 17.7 Å². The number of nitrogens with zero attached hydrogens (tertiary/aromatic N) is 1. The van der Waals surface area contributed by atoms with Gasteiger partial charge in [0.15, 0.2) is 5.79 Å². The summed E-state index contributed by atoms with van der Waals surface area (Å²) in [7, 11) is 0. The average Bonchev–Trinajstić information content (AvgIpc) is 2.36. The van der Waals surface area contributed by atoms with E-state index in [1.807, 2.05) is 49.9 Å². The van der Waals surface area contributed by atoms with E-state index in [0.717, 1.165) is 24.2 Å². The first-order valence-corrected chi connectivity index (χ1v) is 7.03. The Balaban J connectivity index is 1.62. The lowest BCUT2D eigenvalue weighted by atomic mass is 9.80. The van der Waals surface area contributed by atoms with Crippen LogP contribution in [-0.2, 0) is 9.47 Å². The first-order chi connectivity index (χ1) is 9.39. The third-order valence-electron chi connectivity index (χ3n) is 4.06. The van der Waals surface area contributed by atoms with E-state index in [1.54, 1.807) is 0 Å². The van der Waals surface area contributed by atoms with Crippen LogP contribution >= 0.6 is 0 Å². The molecule has 0 atom stereocenters. The molecule has 0 unspecified atom stereocenters. The number of amides is 1. The quantitative estimate of drug-likeness (QED) is 0.789. The van der Waals surface area contributed by atoms with Crippen molar-refractivity contribution in [1.82, 2.24) is 4.90 Å². The molecule has 0 N–H and O–H groups in total. The number of hydrogen-bond donors (Lipinski definition) is 0. The average molecular weight is 275 g/mol. The predicted molar refractivity (Wildman–Crippen MR) is 75.5 cm³/mol. The highest BCUT2D eigenvalue weighted by Gasteiger charge is 2.50. The molecule has 4 nitrogen and oxygen atoms in total. The Hall–Kier alpha value is -1.39. The van der Waals surface area contributed by atoms with Crippen molar-refractivity contribution >= 4 is 5.91 Å². The number of aryl methyl sites for hydroxylation is 1. The highest BCUT2D eigenvalue weighted by Crippen LogP contribution is 2.38. The van der Waals surface area contributed by atoms with E-state index in [0.29, 0.717) is 13.2 Å². The van der Waals surface area contributed by atoms with Crippen LogP contribution in [0.4, 0.5) is 0 Å². The van der Waals surface area contributed by atoms with Gasteiger partial charge in [-0.05, 0) is 32.9 Å². The highest BCUT2D eigenvalue weighted by atomic mass is 16.7. The van der Waals surface area contributed by atoms with Gasteiger partial charge in [-0.15, -0.1) is 0 Å². The number of benzene rings is 1.